The van der Waals surface area contributed by atoms with Crippen molar-refractivity contribution in [3.8, 4) is 11.5 Å². The van der Waals surface area contributed by atoms with E-state index in [1.807, 2.05) is 4.68 Å². The molecule has 0 bridgehead atoms. The summed E-state index contributed by atoms with van der Waals surface area (Å²) in [5.41, 5.74) is 0.365. The van der Waals surface area contributed by atoms with Crippen LogP contribution in [-0.4, -0.2) is 40.3 Å². The van der Waals surface area contributed by atoms with E-state index >= 15 is 0 Å². The summed E-state index contributed by atoms with van der Waals surface area (Å²) in [6.07, 6.45) is 5.79. The minimum Gasteiger partial charge on any atom is -0.496 e. The van der Waals surface area contributed by atoms with Crippen molar-refractivity contribution in [3.05, 3.63) is 29.6 Å². The molecule has 8 nitrogen and oxygen atoms in total. The Hall–Kier alpha value is -2.64. The number of ether oxygens (including phenoxy) is 2. The SMILES string of the molecule is COc1cccc(OC)c1C(=O)NCc1nnnn1C1CCCCC1. The van der Waals surface area contributed by atoms with Crippen molar-refractivity contribution in [1.82, 2.24) is 25.5 Å². The largest absolute Gasteiger partial charge is 0.496 e. The van der Waals surface area contributed by atoms with Crippen LogP contribution < -0.4 is 14.8 Å². The van der Waals surface area contributed by atoms with E-state index in [9.17, 15) is 4.79 Å². The Morgan fingerprint density at radius 3 is 2.52 bits per heavy atom. The first-order valence-corrected chi connectivity index (χ1v) is 8.50. The van der Waals surface area contributed by atoms with E-state index < -0.39 is 0 Å². The first kappa shape index (κ1) is 17.2. The number of hydrogen-bond acceptors (Lipinski definition) is 6. The Morgan fingerprint density at radius 1 is 1.20 bits per heavy atom. The van der Waals surface area contributed by atoms with Crippen molar-refractivity contribution in [3.63, 3.8) is 0 Å². The molecule has 25 heavy (non-hydrogen) atoms. The fraction of sp³-hybridized carbons (Fsp3) is 0.529. The molecule has 1 aliphatic carbocycles. The Kier molecular flexibility index (Phi) is 5.47. The molecule has 0 unspecified atom stereocenters. The summed E-state index contributed by atoms with van der Waals surface area (Å²) in [6, 6.07) is 5.54. The maximum atomic E-state index is 12.6. The van der Waals surface area contributed by atoms with Crippen molar-refractivity contribution in [2.24, 2.45) is 0 Å². The van der Waals surface area contributed by atoms with Gasteiger partial charge >= 0.3 is 0 Å². The standard InChI is InChI=1S/C17H23N5O3/c1-24-13-9-6-10-14(25-2)16(13)17(23)18-11-15-19-20-21-22(15)12-7-4-3-5-8-12/h6,9-10,12H,3-5,7-8,11H2,1-2H3,(H,18,23). The highest BCUT2D eigenvalue weighted by Gasteiger charge is 2.22. The number of carbonyl (C=O) groups excluding carboxylic acids is 1. The fourth-order valence-corrected chi connectivity index (χ4v) is 3.26. The molecule has 0 radical (unpaired) electrons. The lowest BCUT2D eigenvalue weighted by molar-refractivity contribution is 0.0942. The smallest absolute Gasteiger partial charge is 0.259 e. The van der Waals surface area contributed by atoms with E-state index in [1.165, 1.54) is 33.5 Å². The maximum Gasteiger partial charge on any atom is 0.259 e. The van der Waals surface area contributed by atoms with Gasteiger partial charge in [-0.2, -0.15) is 0 Å². The van der Waals surface area contributed by atoms with Gasteiger partial charge in [-0.05, 0) is 35.4 Å². The van der Waals surface area contributed by atoms with Crippen molar-refractivity contribution in [2.75, 3.05) is 14.2 Å². The predicted molar refractivity (Wildman–Crippen MR) is 90.7 cm³/mol. The van der Waals surface area contributed by atoms with E-state index in [4.69, 9.17) is 9.47 Å². The number of tetrazole rings is 1. The van der Waals surface area contributed by atoms with Gasteiger partial charge in [0, 0.05) is 0 Å². The lowest BCUT2D eigenvalue weighted by Crippen LogP contribution is -2.27. The summed E-state index contributed by atoms with van der Waals surface area (Å²) >= 11 is 0. The Bertz CT molecular complexity index is 703. The number of amides is 1. The van der Waals surface area contributed by atoms with Gasteiger partial charge < -0.3 is 14.8 Å². The molecule has 3 rings (SSSR count). The first-order valence-electron chi connectivity index (χ1n) is 8.50. The lowest BCUT2D eigenvalue weighted by Gasteiger charge is -2.22. The summed E-state index contributed by atoms with van der Waals surface area (Å²) in [4.78, 5) is 12.6. The zero-order valence-corrected chi connectivity index (χ0v) is 14.6. The molecule has 1 N–H and O–H groups in total. The monoisotopic (exact) mass is 345 g/mol. The van der Waals surface area contributed by atoms with Gasteiger partial charge in [0.1, 0.15) is 17.1 Å². The molecule has 8 heteroatoms. The Balaban J connectivity index is 1.73. The molecular weight excluding hydrogens is 322 g/mol. The average Bonchev–Trinajstić information content (AvgIpc) is 3.14. The highest BCUT2D eigenvalue weighted by atomic mass is 16.5. The highest BCUT2D eigenvalue weighted by Crippen LogP contribution is 2.29. The van der Waals surface area contributed by atoms with Crippen LogP contribution in [0.2, 0.25) is 0 Å². The van der Waals surface area contributed by atoms with Crippen LogP contribution in [0.15, 0.2) is 18.2 Å². The van der Waals surface area contributed by atoms with Crippen molar-refractivity contribution in [1.29, 1.82) is 0 Å². The molecule has 0 aliphatic heterocycles. The summed E-state index contributed by atoms with van der Waals surface area (Å²) in [7, 11) is 3.05. The molecule has 134 valence electrons. The van der Waals surface area contributed by atoms with Crippen LogP contribution in [0.3, 0.4) is 0 Å². The summed E-state index contributed by atoms with van der Waals surface area (Å²) in [6.45, 7) is 0.254. The summed E-state index contributed by atoms with van der Waals surface area (Å²) in [5, 5.41) is 14.8. The second-order valence-corrected chi connectivity index (χ2v) is 6.05. The van der Waals surface area contributed by atoms with Crippen LogP contribution in [0.4, 0.5) is 0 Å². The number of carbonyl (C=O) groups is 1. The van der Waals surface area contributed by atoms with Crippen LogP contribution in [0.5, 0.6) is 11.5 Å². The first-order chi connectivity index (χ1) is 12.2. The highest BCUT2D eigenvalue weighted by molar-refractivity contribution is 5.99. The molecule has 1 aromatic carbocycles. The van der Waals surface area contributed by atoms with Gasteiger partial charge in [0.2, 0.25) is 0 Å². The van der Waals surface area contributed by atoms with Gasteiger partial charge in [0.15, 0.2) is 5.82 Å². The molecular formula is C17H23N5O3. The van der Waals surface area contributed by atoms with Crippen LogP contribution in [0.25, 0.3) is 0 Å². The molecule has 1 fully saturated rings. The Labute approximate surface area is 146 Å². The average molecular weight is 345 g/mol. The minimum atomic E-state index is -0.285. The molecule has 0 saturated heterocycles. The van der Waals surface area contributed by atoms with Crippen LogP contribution >= 0.6 is 0 Å². The lowest BCUT2D eigenvalue weighted by atomic mass is 9.95. The van der Waals surface area contributed by atoms with Gasteiger partial charge in [-0.1, -0.05) is 25.3 Å². The number of benzene rings is 1. The van der Waals surface area contributed by atoms with E-state index in [1.54, 1.807) is 18.2 Å². The number of methoxy groups -OCH3 is 2. The molecule has 1 aliphatic rings. The topological polar surface area (TPSA) is 91.2 Å². The molecule has 0 atom stereocenters. The molecule has 1 amide bonds. The number of nitrogens with zero attached hydrogens (tertiary/aromatic N) is 4. The normalized spacial score (nSPS) is 15.0. The van der Waals surface area contributed by atoms with Crippen LogP contribution in [0.1, 0.15) is 54.3 Å². The molecule has 1 heterocycles. The third-order valence-electron chi connectivity index (χ3n) is 4.54. The van der Waals surface area contributed by atoms with Crippen molar-refractivity contribution >= 4 is 5.91 Å². The van der Waals surface area contributed by atoms with E-state index in [0.29, 0.717) is 28.9 Å². The predicted octanol–water partition coefficient (Wildman–Crippen LogP) is 2.13. The number of hydrogen-bond donors (Lipinski definition) is 1. The van der Waals surface area contributed by atoms with Gasteiger partial charge in [-0.25, -0.2) is 4.68 Å². The number of rotatable bonds is 6. The molecule has 2 aromatic rings. The molecule has 0 spiro atoms. The summed E-state index contributed by atoms with van der Waals surface area (Å²) in [5.74, 6) is 1.30. The second kappa shape index (κ2) is 7.96. The Morgan fingerprint density at radius 2 is 1.88 bits per heavy atom. The third kappa shape index (κ3) is 3.72. The number of aromatic nitrogens is 4. The zero-order valence-electron chi connectivity index (χ0n) is 14.6. The van der Waals surface area contributed by atoms with E-state index in [0.717, 1.165) is 12.8 Å². The zero-order chi connectivity index (χ0) is 17.6. The second-order valence-electron chi connectivity index (χ2n) is 6.05. The van der Waals surface area contributed by atoms with Gasteiger partial charge in [0.05, 0.1) is 26.8 Å². The molecule has 1 aromatic heterocycles. The molecule has 1 saturated carbocycles. The number of nitrogens with one attached hydrogen (secondary N) is 1. The van der Waals surface area contributed by atoms with E-state index in [2.05, 4.69) is 20.8 Å². The van der Waals surface area contributed by atoms with Crippen molar-refractivity contribution < 1.29 is 14.3 Å². The maximum absolute atomic E-state index is 12.6. The quantitative estimate of drug-likeness (QED) is 0.862. The van der Waals surface area contributed by atoms with E-state index in [-0.39, 0.29) is 12.5 Å². The van der Waals surface area contributed by atoms with Gasteiger partial charge in [-0.15, -0.1) is 5.10 Å². The fourth-order valence-electron chi connectivity index (χ4n) is 3.26. The summed E-state index contributed by atoms with van der Waals surface area (Å²) < 4.78 is 12.4. The van der Waals surface area contributed by atoms with Crippen molar-refractivity contribution in [2.45, 2.75) is 44.7 Å². The van der Waals surface area contributed by atoms with Gasteiger partial charge in [-0.3, -0.25) is 4.79 Å². The minimum absolute atomic E-state index is 0.254. The third-order valence-corrected chi connectivity index (χ3v) is 4.54. The van der Waals surface area contributed by atoms with Crippen LogP contribution in [0, 0.1) is 0 Å². The van der Waals surface area contributed by atoms with Crippen LogP contribution in [-0.2, 0) is 6.54 Å². The van der Waals surface area contributed by atoms with Gasteiger partial charge in [0.25, 0.3) is 5.91 Å².